The van der Waals surface area contributed by atoms with Crippen LogP contribution in [0.1, 0.15) is 23.5 Å². The highest BCUT2D eigenvalue weighted by atomic mass is 32.2. The molecule has 2 aromatic carbocycles. The number of rotatable bonds is 4. The van der Waals surface area contributed by atoms with Gasteiger partial charge < -0.3 is 0 Å². The van der Waals surface area contributed by atoms with Crippen LogP contribution in [0.5, 0.6) is 0 Å². The Morgan fingerprint density at radius 2 is 1.70 bits per heavy atom. The van der Waals surface area contributed by atoms with Crippen LogP contribution >= 0.6 is 0 Å². The summed E-state index contributed by atoms with van der Waals surface area (Å²) < 4.78 is 27.1. The van der Waals surface area contributed by atoms with Crippen molar-refractivity contribution in [2.45, 2.75) is 23.7 Å². The van der Waals surface area contributed by atoms with Crippen LogP contribution in [0.2, 0.25) is 0 Å². The van der Waals surface area contributed by atoms with Crippen LogP contribution in [-0.2, 0) is 16.4 Å². The van der Waals surface area contributed by atoms with Gasteiger partial charge in [0.1, 0.15) is 0 Å². The number of hydrogen-bond acceptors (Lipinski definition) is 2. The van der Waals surface area contributed by atoms with Gasteiger partial charge in [-0.15, -0.1) is 0 Å². The van der Waals surface area contributed by atoms with Crippen LogP contribution in [0.4, 0.5) is 0 Å². The number of hydrogen-bond donors (Lipinski definition) is 1. The number of aryl methyl sites for hydroxylation is 1. The van der Waals surface area contributed by atoms with Crippen molar-refractivity contribution in [3.63, 3.8) is 0 Å². The average molecular weight is 287 g/mol. The molecule has 104 valence electrons. The SMILES string of the molecule is O=S(=O)(NC[C@@H]1CCc2ccccc21)c1ccccc1. The zero-order valence-electron chi connectivity index (χ0n) is 11.1. The summed E-state index contributed by atoms with van der Waals surface area (Å²) in [4.78, 5) is 0.325. The van der Waals surface area contributed by atoms with Gasteiger partial charge in [0, 0.05) is 6.54 Å². The van der Waals surface area contributed by atoms with Gasteiger partial charge in [0.2, 0.25) is 10.0 Å². The number of fused-ring (bicyclic) bond motifs is 1. The molecule has 0 bridgehead atoms. The van der Waals surface area contributed by atoms with Gasteiger partial charge in [0.15, 0.2) is 0 Å². The lowest BCUT2D eigenvalue weighted by molar-refractivity contribution is 0.568. The molecule has 0 amide bonds. The molecule has 0 fully saturated rings. The van der Waals surface area contributed by atoms with E-state index in [2.05, 4.69) is 16.9 Å². The molecule has 20 heavy (non-hydrogen) atoms. The fraction of sp³-hybridized carbons (Fsp3) is 0.250. The van der Waals surface area contributed by atoms with Gasteiger partial charge in [-0.3, -0.25) is 0 Å². The molecule has 3 rings (SSSR count). The molecule has 0 unspecified atom stereocenters. The lowest BCUT2D eigenvalue weighted by Crippen LogP contribution is -2.27. The Hall–Kier alpha value is -1.65. The van der Waals surface area contributed by atoms with Crippen molar-refractivity contribution in [2.75, 3.05) is 6.54 Å². The second-order valence-corrected chi connectivity index (χ2v) is 6.87. The summed E-state index contributed by atoms with van der Waals surface area (Å²) in [5.74, 6) is 0.282. The molecule has 0 heterocycles. The average Bonchev–Trinajstić information content (AvgIpc) is 2.89. The highest BCUT2D eigenvalue weighted by Gasteiger charge is 2.23. The topological polar surface area (TPSA) is 46.2 Å². The maximum Gasteiger partial charge on any atom is 0.240 e. The summed E-state index contributed by atoms with van der Waals surface area (Å²) in [5.41, 5.74) is 2.62. The lowest BCUT2D eigenvalue weighted by atomic mass is 10.0. The molecular formula is C16H17NO2S. The predicted octanol–water partition coefficient (Wildman–Crippen LogP) is 2.69. The Morgan fingerprint density at radius 1 is 1.00 bits per heavy atom. The fourth-order valence-corrected chi connectivity index (χ4v) is 3.85. The van der Waals surface area contributed by atoms with Gasteiger partial charge in [0.05, 0.1) is 4.90 Å². The van der Waals surface area contributed by atoms with Crippen molar-refractivity contribution in [2.24, 2.45) is 0 Å². The number of sulfonamides is 1. The predicted molar refractivity (Wildman–Crippen MR) is 79.1 cm³/mol. The molecule has 0 saturated heterocycles. The molecule has 0 radical (unpaired) electrons. The van der Waals surface area contributed by atoms with E-state index in [1.54, 1.807) is 24.3 Å². The minimum atomic E-state index is -3.40. The van der Waals surface area contributed by atoms with E-state index in [9.17, 15) is 8.42 Å². The first kappa shape index (κ1) is 13.3. The normalized spacial score (nSPS) is 17.9. The zero-order chi connectivity index (χ0) is 14.0. The summed E-state index contributed by atoms with van der Waals surface area (Å²) in [6.07, 6.45) is 2.05. The quantitative estimate of drug-likeness (QED) is 0.939. The first-order valence-corrected chi connectivity index (χ1v) is 8.28. The summed E-state index contributed by atoms with van der Waals surface area (Å²) >= 11 is 0. The van der Waals surface area contributed by atoms with Crippen molar-refractivity contribution in [3.05, 3.63) is 65.7 Å². The summed E-state index contributed by atoms with van der Waals surface area (Å²) in [5, 5.41) is 0. The van der Waals surface area contributed by atoms with E-state index in [1.807, 2.05) is 18.2 Å². The molecule has 3 nitrogen and oxygen atoms in total. The highest BCUT2D eigenvalue weighted by molar-refractivity contribution is 7.89. The molecular weight excluding hydrogens is 270 g/mol. The third kappa shape index (κ3) is 2.62. The standard InChI is InChI=1S/C16H17NO2S/c18-20(19,15-7-2-1-3-8-15)17-12-14-11-10-13-6-4-5-9-16(13)14/h1-9,14,17H,10-12H2/t14-/m0/s1. The molecule has 1 aliphatic rings. The van der Waals surface area contributed by atoms with E-state index in [0.717, 1.165) is 12.8 Å². The molecule has 2 aromatic rings. The van der Waals surface area contributed by atoms with Gasteiger partial charge in [0.25, 0.3) is 0 Å². The second-order valence-electron chi connectivity index (χ2n) is 5.10. The highest BCUT2D eigenvalue weighted by Crippen LogP contribution is 2.32. The van der Waals surface area contributed by atoms with Crippen molar-refractivity contribution >= 4 is 10.0 Å². The number of benzene rings is 2. The van der Waals surface area contributed by atoms with E-state index < -0.39 is 10.0 Å². The Morgan fingerprint density at radius 3 is 2.50 bits per heavy atom. The van der Waals surface area contributed by atoms with Crippen molar-refractivity contribution in [3.8, 4) is 0 Å². The van der Waals surface area contributed by atoms with E-state index in [0.29, 0.717) is 11.4 Å². The molecule has 0 spiro atoms. The molecule has 0 aromatic heterocycles. The van der Waals surface area contributed by atoms with Gasteiger partial charge in [-0.2, -0.15) is 0 Å². The van der Waals surface area contributed by atoms with Crippen LogP contribution in [0.25, 0.3) is 0 Å². The Balaban J connectivity index is 1.72. The fourth-order valence-electron chi connectivity index (χ4n) is 2.75. The van der Waals surface area contributed by atoms with Gasteiger partial charge in [-0.25, -0.2) is 13.1 Å². The largest absolute Gasteiger partial charge is 0.240 e. The van der Waals surface area contributed by atoms with Crippen LogP contribution in [-0.4, -0.2) is 15.0 Å². The smallest absolute Gasteiger partial charge is 0.211 e. The van der Waals surface area contributed by atoms with Crippen LogP contribution < -0.4 is 4.72 Å². The van der Waals surface area contributed by atoms with Crippen LogP contribution in [0.3, 0.4) is 0 Å². The number of nitrogens with one attached hydrogen (secondary N) is 1. The van der Waals surface area contributed by atoms with Crippen molar-refractivity contribution < 1.29 is 8.42 Å². The third-order valence-electron chi connectivity index (χ3n) is 3.83. The molecule has 0 aliphatic heterocycles. The van der Waals surface area contributed by atoms with E-state index in [4.69, 9.17) is 0 Å². The van der Waals surface area contributed by atoms with E-state index >= 15 is 0 Å². The summed E-state index contributed by atoms with van der Waals surface area (Å²) in [6, 6.07) is 16.8. The molecule has 1 N–H and O–H groups in total. The second kappa shape index (κ2) is 5.38. The van der Waals surface area contributed by atoms with E-state index in [1.165, 1.54) is 11.1 Å². The van der Waals surface area contributed by atoms with Crippen LogP contribution in [0.15, 0.2) is 59.5 Å². The maximum atomic E-state index is 12.2. The molecule has 4 heteroatoms. The first-order valence-electron chi connectivity index (χ1n) is 6.79. The van der Waals surface area contributed by atoms with Gasteiger partial charge in [-0.1, -0.05) is 42.5 Å². The Labute approximate surface area is 119 Å². The maximum absolute atomic E-state index is 12.2. The Kier molecular flexibility index (Phi) is 3.59. The summed E-state index contributed by atoms with van der Waals surface area (Å²) in [6.45, 7) is 0.467. The summed E-state index contributed by atoms with van der Waals surface area (Å²) in [7, 11) is -3.40. The first-order chi connectivity index (χ1) is 9.67. The minimum absolute atomic E-state index is 0.282. The molecule has 1 atom stereocenters. The molecule has 1 aliphatic carbocycles. The third-order valence-corrected chi connectivity index (χ3v) is 5.27. The minimum Gasteiger partial charge on any atom is -0.211 e. The Bertz CT molecular complexity index is 695. The zero-order valence-corrected chi connectivity index (χ0v) is 11.9. The van der Waals surface area contributed by atoms with Gasteiger partial charge in [-0.05, 0) is 42.0 Å². The van der Waals surface area contributed by atoms with E-state index in [-0.39, 0.29) is 5.92 Å². The van der Waals surface area contributed by atoms with Gasteiger partial charge >= 0.3 is 0 Å². The van der Waals surface area contributed by atoms with Crippen molar-refractivity contribution in [1.82, 2.24) is 4.72 Å². The molecule has 0 saturated carbocycles. The monoisotopic (exact) mass is 287 g/mol. The van der Waals surface area contributed by atoms with Crippen molar-refractivity contribution in [1.29, 1.82) is 0 Å². The van der Waals surface area contributed by atoms with Crippen LogP contribution in [0, 0.1) is 0 Å². The lowest BCUT2D eigenvalue weighted by Gasteiger charge is -2.13.